The lowest BCUT2D eigenvalue weighted by Crippen LogP contribution is -2.20. The fraction of sp³-hybridized carbons (Fsp3) is 0.176. The molecule has 2 amide bonds. The van der Waals surface area contributed by atoms with Gasteiger partial charge in [0.2, 0.25) is 11.8 Å². The Labute approximate surface area is 127 Å². The Morgan fingerprint density at radius 1 is 1.27 bits per heavy atom. The molecule has 0 saturated heterocycles. The van der Waals surface area contributed by atoms with E-state index in [9.17, 15) is 14.0 Å². The molecule has 0 aromatic heterocycles. The number of fused-ring (bicyclic) bond motifs is 1. The van der Waals surface area contributed by atoms with Gasteiger partial charge < -0.3 is 10.2 Å². The molecule has 0 saturated carbocycles. The first kappa shape index (κ1) is 14.3. The molecule has 2 aromatic carbocycles. The highest BCUT2D eigenvalue weighted by Crippen LogP contribution is 2.30. The fourth-order valence-electron chi connectivity index (χ4n) is 2.57. The summed E-state index contributed by atoms with van der Waals surface area (Å²) >= 11 is 0. The van der Waals surface area contributed by atoms with Gasteiger partial charge in [-0.15, -0.1) is 0 Å². The molecular weight excluding hydrogens is 283 g/mol. The fourth-order valence-corrected chi connectivity index (χ4v) is 2.57. The first-order valence-corrected chi connectivity index (χ1v) is 6.97. The number of rotatable bonds is 3. The van der Waals surface area contributed by atoms with Crippen molar-refractivity contribution in [1.82, 2.24) is 0 Å². The van der Waals surface area contributed by atoms with Crippen molar-refractivity contribution in [2.45, 2.75) is 12.8 Å². The summed E-state index contributed by atoms with van der Waals surface area (Å²) in [5, 5.41) is 2.74. The Bertz CT molecular complexity index is 758. The first-order valence-electron chi connectivity index (χ1n) is 6.97. The van der Waals surface area contributed by atoms with Crippen LogP contribution in [0, 0.1) is 5.82 Å². The van der Waals surface area contributed by atoms with Gasteiger partial charge in [-0.2, -0.15) is 0 Å². The van der Waals surface area contributed by atoms with E-state index in [0.717, 1.165) is 11.3 Å². The molecule has 0 fully saturated rings. The first-order chi connectivity index (χ1) is 10.5. The molecule has 1 aliphatic rings. The van der Waals surface area contributed by atoms with E-state index < -0.39 is 0 Å². The molecule has 2 aromatic rings. The molecule has 0 spiro atoms. The maximum absolute atomic E-state index is 13.5. The van der Waals surface area contributed by atoms with Crippen molar-refractivity contribution in [3.05, 3.63) is 59.4 Å². The second-order valence-electron chi connectivity index (χ2n) is 5.29. The summed E-state index contributed by atoms with van der Waals surface area (Å²) in [5.74, 6) is -0.647. The minimum absolute atomic E-state index is 0.0252. The second kappa shape index (κ2) is 5.60. The molecule has 0 aliphatic carbocycles. The highest BCUT2D eigenvalue weighted by molar-refractivity contribution is 6.02. The van der Waals surface area contributed by atoms with Crippen LogP contribution in [0.1, 0.15) is 11.1 Å². The van der Waals surface area contributed by atoms with Crippen molar-refractivity contribution in [3.63, 3.8) is 0 Å². The summed E-state index contributed by atoms with van der Waals surface area (Å²) in [6.07, 6.45) is 0.311. The summed E-state index contributed by atoms with van der Waals surface area (Å²) in [5.41, 5.74) is 2.72. The molecule has 22 heavy (non-hydrogen) atoms. The zero-order chi connectivity index (χ0) is 15.7. The van der Waals surface area contributed by atoms with Gasteiger partial charge in [-0.3, -0.25) is 9.59 Å². The van der Waals surface area contributed by atoms with Gasteiger partial charge in [0.1, 0.15) is 5.82 Å². The number of halogens is 1. The molecular formula is C17H15FN2O2. The minimum Gasteiger partial charge on any atom is -0.326 e. The Kier molecular flexibility index (Phi) is 3.63. The molecule has 3 rings (SSSR count). The molecule has 112 valence electrons. The van der Waals surface area contributed by atoms with E-state index in [-0.39, 0.29) is 24.1 Å². The summed E-state index contributed by atoms with van der Waals surface area (Å²) in [4.78, 5) is 25.2. The van der Waals surface area contributed by atoms with Crippen LogP contribution in [-0.4, -0.2) is 18.9 Å². The minimum atomic E-state index is -0.390. The Hall–Kier alpha value is -2.69. The highest BCUT2D eigenvalue weighted by atomic mass is 19.1. The number of benzene rings is 2. The SMILES string of the molecule is CN1C(=O)Cc2cc(NC(=O)Cc3ccccc3F)ccc21. The normalized spacial score (nSPS) is 13.2. The number of hydrogen-bond acceptors (Lipinski definition) is 2. The molecule has 1 heterocycles. The monoisotopic (exact) mass is 298 g/mol. The van der Waals surface area contributed by atoms with Gasteiger partial charge in [0.15, 0.2) is 0 Å². The molecule has 0 unspecified atom stereocenters. The van der Waals surface area contributed by atoms with Crippen LogP contribution in [0.25, 0.3) is 0 Å². The predicted octanol–water partition coefficient (Wildman–Crippen LogP) is 2.53. The Balaban J connectivity index is 1.72. The van der Waals surface area contributed by atoms with E-state index in [0.29, 0.717) is 17.7 Å². The van der Waals surface area contributed by atoms with Crippen LogP contribution in [0.3, 0.4) is 0 Å². The maximum Gasteiger partial charge on any atom is 0.231 e. The van der Waals surface area contributed by atoms with Crippen LogP contribution in [-0.2, 0) is 22.4 Å². The smallest absolute Gasteiger partial charge is 0.231 e. The van der Waals surface area contributed by atoms with E-state index in [2.05, 4.69) is 5.32 Å². The lowest BCUT2D eigenvalue weighted by atomic mass is 10.1. The van der Waals surface area contributed by atoms with E-state index >= 15 is 0 Å². The predicted molar refractivity (Wildman–Crippen MR) is 82.3 cm³/mol. The summed E-state index contributed by atoms with van der Waals surface area (Å²) in [7, 11) is 1.73. The lowest BCUT2D eigenvalue weighted by Gasteiger charge is -2.11. The van der Waals surface area contributed by atoms with Crippen LogP contribution >= 0.6 is 0 Å². The maximum atomic E-state index is 13.5. The van der Waals surface area contributed by atoms with Gasteiger partial charge in [-0.05, 0) is 35.4 Å². The van der Waals surface area contributed by atoms with Crippen molar-refractivity contribution in [2.24, 2.45) is 0 Å². The largest absolute Gasteiger partial charge is 0.326 e. The number of nitrogens with zero attached hydrogens (tertiary/aromatic N) is 1. The molecule has 1 N–H and O–H groups in total. The van der Waals surface area contributed by atoms with Gasteiger partial charge in [0, 0.05) is 18.4 Å². The van der Waals surface area contributed by atoms with Crippen molar-refractivity contribution in [2.75, 3.05) is 17.3 Å². The third-order valence-corrected chi connectivity index (χ3v) is 3.75. The summed E-state index contributed by atoms with van der Waals surface area (Å²) in [6.45, 7) is 0. The van der Waals surface area contributed by atoms with Gasteiger partial charge in [-0.1, -0.05) is 18.2 Å². The molecule has 0 bridgehead atoms. The second-order valence-corrected chi connectivity index (χ2v) is 5.29. The zero-order valence-electron chi connectivity index (χ0n) is 12.1. The Morgan fingerprint density at radius 3 is 2.82 bits per heavy atom. The van der Waals surface area contributed by atoms with Crippen molar-refractivity contribution < 1.29 is 14.0 Å². The summed E-state index contributed by atoms with van der Waals surface area (Å²) in [6, 6.07) is 11.5. The number of hydrogen-bond donors (Lipinski definition) is 1. The third-order valence-electron chi connectivity index (χ3n) is 3.75. The van der Waals surface area contributed by atoms with Crippen LogP contribution in [0.15, 0.2) is 42.5 Å². The van der Waals surface area contributed by atoms with Crippen molar-refractivity contribution in [1.29, 1.82) is 0 Å². The van der Waals surface area contributed by atoms with Crippen molar-refractivity contribution in [3.8, 4) is 0 Å². The van der Waals surface area contributed by atoms with Gasteiger partial charge in [-0.25, -0.2) is 4.39 Å². The zero-order valence-corrected chi connectivity index (χ0v) is 12.1. The molecule has 1 aliphatic heterocycles. The molecule has 0 radical (unpaired) electrons. The highest BCUT2D eigenvalue weighted by Gasteiger charge is 2.24. The van der Waals surface area contributed by atoms with E-state index in [4.69, 9.17) is 0 Å². The number of amides is 2. The average Bonchev–Trinajstić information content (AvgIpc) is 2.76. The number of nitrogens with one attached hydrogen (secondary N) is 1. The topological polar surface area (TPSA) is 49.4 Å². The molecule has 4 nitrogen and oxygen atoms in total. The van der Waals surface area contributed by atoms with Crippen LogP contribution in [0.5, 0.6) is 0 Å². The quantitative estimate of drug-likeness (QED) is 0.946. The number of likely N-dealkylation sites (N-methyl/N-ethyl adjacent to an activating group) is 1. The van der Waals surface area contributed by atoms with Gasteiger partial charge in [0.05, 0.1) is 12.8 Å². The van der Waals surface area contributed by atoms with Gasteiger partial charge in [0.25, 0.3) is 0 Å². The third kappa shape index (κ3) is 2.70. The Morgan fingerprint density at radius 2 is 2.05 bits per heavy atom. The standard InChI is InChI=1S/C17H15FN2O2/c1-20-15-7-6-13(8-12(15)10-17(20)22)19-16(21)9-11-4-2-3-5-14(11)18/h2-8H,9-10H2,1H3,(H,19,21). The van der Waals surface area contributed by atoms with Crippen molar-refractivity contribution >= 4 is 23.2 Å². The average molecular weight is 298 g/mol. The molecule has 0 atom stereocenters. The van der Waals surface area contributed by atoms with E-state index in [1.165, 1.54) is 6.07 Å². The number of anilines is 2. The molecule has 5 heteroatoms. The van der Waals surface area contributed by atoms with Crippen LogP contribution < -0.4 is 10.2 Å². The van der Waals surface area contributed by atoms with E-state index in [1.807, 2.05) is 0 Å². The number of carbonyl (C=O) groups is 2. The van der Waals surface area contributed by atoms with Gasteiger partial charge >= 0.3 is 0 Å². The van der Waals surface area contributed by atoms with E-state index in [1.54, 1.807) is 48.3 Å². The van der Waals surface area contributed by atoms with Crippen LogP contribution in [0.4, 0.5) is 15.8 Å². The van der Waals surface area contributed by atoms with Crippen LogP contribution in [0.2, 0.25) is 0 Å². The number of carbonyl (C=O) groups excluding carboxylic acids is 2. The summed E-state index contributed by atoms with van der Waals surface area (Å²) < 4.78 is 13.5. The lowest BCUT2D eigenvalue weighted by molar-refractivity contribution is -0.117.